The van der Waals surface area contributed by atoms with Crippen molar-refractivity contribution < 1.29 is 9.90 Å². The topological polar surface area (TPSA) is 40.5 Å². The number of fused-ring (bicyclic) bond motifs is 1. The van der Waals surface area contributed by atoms with Crippen molar-refractivity contribution in [2.75, 3.05) is 13.1 Å². The van der Waals surface area contributed by atoms with Crippen molar-refractivity contribution >= 4 is 17.2 Å². The molecule has 4 heteroatoms. The van der Waals surface area contributed by atoms with Crippen LogP contribution in [0.3, 0.4) is 0 Å². The van der Waals surface area contributed by atoms with Crippen molar-refractivity contribution in [1.82, 2.24) is 4.90 Å². The zero-order chi connectivity index (χ0) is 11.1. The Bertz CT molecular complexity index is 405. The molecule has 16 heavy (non-hydrogen) atoms. The number of aliphatic hydroxyl groups is 1. The van der Waals surface area contributed by atoms with E-state index in [0.717, 1.165) is 24.1 Å². The lowest BCUT2D eigenvalue weighted by Crippen LogP contribution is -2.28. The summed E-state index contributed by atoms with van der Waals surface area (Å²) in [6.45, 7) is 1.20. The predicted octanol–water partition coefficient (Wildman–Crippen LogP) is 1.44. The fraction of sp³-hybridized carbons (Fsp3) is 0.583. The van der Waals surface area contributed by atoms with Crippen LogP contribution in [0, 0.1) is 0 Å². The molecule has 2 heterocycles. The van der Waals surface area contributed by atoms with E-state index >= 15 is 0 Å². The molecule has 1 atom stereocenters. The molecule has 2 aliphatic rings. The molecule has 3 rings (SSSR count). The first kappa shape index (κ1) is 10.3. The smallest absolute Gasteiger partial charge is 0.264 e. The van der Waals surface area contributed by atoms with Gasteiger partial charge in [0.2, 0.25) is 0 Å². The van der Waals surface area contributed by atoms with Gasteiger partial charge in [0.05, 0.1) is 11.0 Å². The summed E-state index contributed by atoms with van der Waals surface area (Å²) in [5.41, 5.74) is 1.37. The number of aryl methyl sites for hydroxylation is 2. The maximum Gasteiger partial charge on any atom is 0.264 e. The van der Waals surface area contributed by atoms with Crippen LogP contribution in [0.4, 0.5) is 0 Å². The van der Waals surface area contributed by atoms with Crippen molar-refractivity contribution in [2.45, 2.75) is 31.8 Å². The third-order valence-electron chi connectivity index (χ3n) is 3.41. The molecular weight excluding hydrogens is 222 g/mol. The van der Waals surface area contributed by atoms with Gasteiger partial charge in [-0.05, 0) is 37.3 Å². The molecule has 0 bridgehead atoms. The van der Waals surface area contributed by atoms with Crippen LogP contribution in [0.5, 0.6) is 0 Å². The number of hydrogen-bond acceptors (Lipinski definition) is 3. The van der Waals surface area contributed by atoms with E-state index in [1.807, 2.05) is 0 Å². The van der Waals surface area contributed by atoms with Gasteiger partial charge in [0.1, 0.15) is 0 Å². The number of hydrogen-bond donors (Lipinski definition) is 1. The van der Waals surface area contributed by atoms with Gasteiger partial charge >= 0.3 is 0 Å². The van der Waals surface area contributed by atoms with Gasteiger partial charge in [0, 0.05) is 18.0 Å². The molecule has 1 unspecified atom stereocenters. The lowest BCUT2D eigenvalue weighted by Gasteiger charge is -2.13. The largest absolute Gasteiger partial charge is 0.391 e. The number of aliphatic hydroxyl groups excluding tert-OH is 1. The Hall–Kier alpha value is -0.870. The highest BCUT2D eigenvalue weighted by Gasteiger charge is 2.27. The Morgan fingerprint density at radius 1 is 1.50 bits per heavy atom. The summed E-state index contributed by atoms with van der Waals surface area (Å²) in [6, 6.07) is 2.06. The molecule has 3 nitrogen and oxygen atoms in total. The van der Waals surface area contributed by atoms with Gasteiger partial charge in [0.15, 0.2) is 0 Å². The number of nitrogens with zero attached hydrogens (tertiary/aromatic N) is 1. The van der Waals surface area contributed by atoms with Crippen LogP contribution in [-0.2, 0) is 12.8 Å². The maximum absolute atomic E-state index is 12.1. The molecule has 0 aromatic carbocycles. The number of carbonyl (C=O) groups excluding carboxylic acids is 1. The summed E-state index contributed by atoms with van der Waals surface area (Å²) in [5.74, 6) is 0.107. The van der Waals surface area contributed by atoms with Crippen LogP contribution in [0.2, 0.25) is 0 Å². The first-order valence-electron chi connectivity index (χ1n) is 5.83. The fourth-order valence-electron chi connectivity index (χ4n) is 2.52. The normalized spacial score (nSPS) is 23.8. The third kappa shape index (κ3) is 1.66. The summed E-state index contributed by atoms with van der Waals surface area (Å²) in [6.07, 6.45) is 3.89. The monoisotopic (exact) mass is 237 g/mol. The zero-order valence-corrected chi connectivity index (χ0v) is 9.92. The molecule has 0 radical (unpaired) electrons. The molecule has 1 fully saturated rings. The van der Waals surface area contributed by atoms with Crippen LogP contribution in [0.15, 0.2) is 6.07 Å². The predicted molar refractivity (Wildman–Crippen MR) is 62.9 cm³/mol. The van der Waals surface area contributed by atoms with Crippen LogP contribution >= 0.6 is 11.3 Å². The van der Waals surface area contributed by atoms with E-state index < -0.39 is 0 Å². The first-order valence-corrected chi connectivity index (χ1v) is 6.64. The summed E-state index contributed by atoms with van der Waals surface area (Å²) in [4.78, 5) is 16.1. The van der Waals surface area contributed by atoms with Gasteiger partial charge < -0.3 is 10.0 Å². The molecule has 86 valence electrons. The maximum atomic E-state index is 12.1. The van der Waals surface area contributed by atoms with E-state index in [4.69, 9.17) is 0 Å². The molecule has 1 aliphatic heterocycles. The molecular formula is C12H15NO2S. The highest BCUT2D eigenvalue weighted by Crippen LogP contribution is 2.31. The summed E-state index contributed by atoms with van der Waals surface area (Å²) < 4.78 is 0. The molecule has 1 saturated heterocycles. The average molecular weight is 237 g/mol. The Morgan fingerprint density at radius 3 is 3.06 bits per heavy atom. The standard InChI is InChI=1S/C12H15NO2S/c14-9-4-5-13(7-9)12(15)11-6-8-2-1-3-10(8)16-11/h6,9,14H,1-5,7H2. The van der Waals surface area contributed by atoms with Crippen LogP contribution < -0.4 is 0 Å². The molecule has 1 aromatic heterocycles. The summed E-state index contributed by atoms with van der Waals surface area (Å²) in [7, 11) is 0. The van der Waals surface area contributed by atoms with E-state index in [1.165, 1.54) is 16.9 Å². The summed E-state index contributed by atoms with van der Waals surface area (Å²) >= 11 is 1.65. The number of thiophene rings is 1. The second kappa shape index (κ2) is 3.86. The molecule has 1 amide bonds. The van der Waals surface area contributed by atoms with Crippen molar-refractivity contribution in [1.29, 1.82) is 0 Å². The van der Waals surface area contributed by atoms with E-state index in [0.29, 0.717) is 13.1 Å². The van der Waals surface area contributed by atoms with Gasteiger partial charge in [0.25, 0.3) is 5.91 Å². The highest BCUT2D eigenvalue weighted by molar-refractivity contribution is 7.14. The number of likely N-dealkylation sites (tertiary alicyclic amines) is 1. The minimum Gasteiger partial charge on any atom is -0.391 e. The number of carbonyl (C=O) groups is 1. The Labute approximate surface area is 98.7 Å². The Morgan fingerprint density at radius 2 is 2.38 bits per heavy atom. The first-order chi connectivity index (χ1) is 7.74. The third-order valence-corrected chi connectivity index (χ3v) is 4.63. The zero-order valence-electron chi connectivity index (χ0n) is 9.11. The lowest BCUT2D eigenvalue weighted by molar-refractivity contribution is 0.0769. The van der Waals surface area contributed by atoms with E-state index in [2.05, 4.69) is 6.07 Å². The summed E-state index contributed by atoms with van der Waals surface area (Å²) in [5, 5.41) is 9.42. The Kier molecular flexibility index (Phi) is 2.48. The average Bonchev–Trinajstić information content (AvgIpc) is 2.89. The van der Waals surface area contributed by atoms with Crippen LogP contribution in [0.25, 0.3) is 0 Å². The molecule has 1 aliphatic carbocycles. The molecule has 0 saturated carbocycles. The van der Waals surface area contributed by atoms with Crippen LogP contribution in [-0.4, -0.2) is 35.1 Å². The van der Waals surface area contributed by atoms with Crippen molar-refractivity contribution in [3.8, 4) is 0 Å². The molecule has 1 N–H and O–H groups in total. The van der Waals surface area contributed by atoms with E-state index in [9.17, 15) is 9.90 Å². The SMILES string of the molecule is O=C(c1cc2c(s1)CCC2)N1CCC(O)C1. The second-order valence-electron chi connectivity index (χ2n) is 4.61. The lowest BCUT2D eigenvalue weighted by atomic mass is 10.2. The quantitative estimate of drug-likeness (QED) is 0.803. The van der Waals surface area contributed by atoms with Gasteiger partial charge in [-0.25, -0.2) is 0 Å². The number of rotatable bonds is 1. The van der Waals surface area contributed by atoms with Crippen LogP contribution in [0.1, 0.15) is 33.0 Å². The number of β-amino-alcohol motifs (C(OH)–C–C–N with tert-alkyl or cyclic N) is 1. The van der Waals surface area contributed by atoms with Gasteiger partial charge in [-0.1, -0.05) is 0 Å². The van der Waals surface area contributed by atoms with Gasteiger partial charge in [-0.2, -0.15) is 0 Å². The van der Waals surface area contributed by atoms with Crippen molar-refractivity contribution in [3.63, 3.8) is 0 Å². The molecule has 1 aromatic rings. The minimum atomic E-state index is -0.323. The van der Waals surface area contributed by atoms with E-state index in [1.54, 1.807) is 16.2 Å². The van der Waals surface area contributed by atoms with Crippen molar-refractivity contribution in [3.05, 3.63) is 21.4 Å². The van der Waals surface area contributed by atoms with E-state index in [-0.39, 0.29) is 12.0 Å². The van der Waals surface area contributed by atoms with Gasteiger partial charge in [-0.3, -0.25) is 4.79 Å². The van der Waals surface area contributed by atoms with Crippen molar-refractivity contribution in [2.24, 2.45) is 0 Å². The Balaban J connectivity index is 1.79. The van der Waals surface area contributed by atoms with Gasteiger partial charge in [-0.15, -0.1) is 11.3 Å². The fourth-order valence-corrected chi connectivity index (χ4v) is 3.74. The highest BCUT2D eigenvalue weighted by atomic mass is 32.1. The molecule has 0 spiro atoms. The number of amides is 1. The second-order valence-corrected chi connectivity index (χ2v) is 5.74. The minimum absolute atomic E-state index is 0.107.